The molecular weight excluding hydrogens is 228 g/mol. The van der Waals surface area contributed by atoms with E-state index in [1.165, 1.54) is 12.4 Å². The van der Waals surface area contributed by atoms with Gasteiger partial charge in [-0.05, 0) is 13.0 Å². The number of hydrogen-bond acceptors (Lipinski definition) is 3. The van der Waals surface area contributed by atoms with Crippen molar-refractivity contribution in [2.24, 2.45) is 0 Å². The summed E-state index contributed by atoms with van der Waals surface area (Å²) in [6.45, 7) is 1.84. The Hall–Kier alpha value is -1.88. The Kier molecular flexibility index (Phi) is 2.87. The molecule has 0 fully saturated rings. The maximum Gasteiger partial charge on any atom is 0.259 e. The second kappa shape index (κ2) is 4.32. The summed E-state index contributed by atoms with van der Waals surface area (Å²) in [6.07, 6.45) is 4.57. The maximum atomic E-state index is 11.8. The van der Waals surface area contributed by atoms with E-state index in [0.29, 0.717) is 16.4 Å². The molecule has 6 heteroatoms. The van der Waals surface area contributed by atoms with Gasteiger partial charge in [0.05, 0.1) is 16.8 Å². The largest absolute Gasteiger partial charge is 0.307 e. The Labute approximate surface area is 96.8 Å². The van der Waals surface area contributed by atoms with E-state index in [9.17, 15) is 4.79 Å². The fourth-order valence-corrected chi connectivity index (χ4v) is 1.39. The lowest BCUT2D eigenvalue weighted by Crippen LogP contribution is -2.13. The number of carbonyl (C=O) groups excluding carboxylic acids is 1. The van der Waals surface area contributed by atoms with Crippen LogP contribution in [0.15, 0.2) is 24.7 Å². The van der Waals surface area contributed by atoms with Gasteiger partial charge in [0.25, 0.3) is 5.91 Å². The summed E-state index contributed by atoms with van der Waals surface area (Å²) in [5, 5.41) is 9.51. The molecule has 0 atom stereocenters. The van der Waals surface area contributed by atoms with E-state index in [1.807, 2.05) is 6.92 Å². The number of aromatic amines is 1. The molecule has 0 aliphatic rings. The van der Waals surface area contributed by atoms with Gasteiger partial charge in [0.2, 0.25) is 0 Å². The zero-order valence-corrected chi connectivity index (χ0v) is 9.25. The summed E-state index contributed by atoms with van der Waals surface area (Å²) in [6, 6.07) is 1.57. The summed E-state index contributed by atoms with van der Waals surface area (Å²) < 4.78 is 0. The van der Waals surface area contributed by atoms with Gasteiger partial charge >= 0.3 is 0 Å². The molecule has 0 saturated carbocycles. The van der Waals surface area contributed by atoms with Crippen LogP contribution in [0, 0.1) is 6.92 Å². The van der Waals surface area contributed by atoms with Crippen LogP contribution in [0.5, 0.6) is 0 Å². The summed E-state index contributed by atoms with van der Waals surface area (Å²) in [4.78, 5) is 15.6. The minimum atomic E-state index is -0.314. The predicted octanol–water partition coefficient (Wildman–Crippen LogP) is 2.02. The van der Waals surface area contributed by atoms with Gasteiger partial charge in [-0.15, -0.1) is 0 Å². The molecule has 2 rings (SSSR count). The molecule has 5 nitrogen and oxygen atoms in total. The van der Waals surface area contributed by atoms with Crippen LogP contribution in [-0.4, -0.2) is 21.1 Å². The number of nitrogens with zero attached hydrogens (tertiary/aromatic N) is 2. The van der Waals surface area contributed by atoms with E-state index < -0.39 is 0 Å². The molecule has 82 valence electrons. The van der Waals surface area contributed by atoms with Crippen LogP contribution in [-0.2, 0) is 0 Å². The van der Waals surface area contributed by atoms with Crippen LogP contribution in [0.4, 0.5) is 5.82 Å². The molecule has 0 bridgehead atoms. The number of carbonyl (C=O) groups is 1. The van der Waals surface area contributed by atoms with Gasteiger partial charge in [-0.25, -0.2) is 0 Å². The molecule has 2 N–H and O–H groups in total. The Balaban J connectivity index is 2.22. The summed E-state index contributed by atoms with van der Waals surface area (Å²) in [5.41, 5.74) is 1.19. The van der Waals surface area contributed by atoms with Crippen molar-refractivity contribution in [3.8, 4) is 0 Å². The van der Waals surface area contributed by atoms with Crippen LogP contribution in [0.3, 0.4) is 0 Å². The molecule has 0 spiro atoms. The van der Waals surface area contributed by atoms with Crippen molar-refractivity contribution in [3.05, 3.63) is 40.8 Å². The first-order valence-electron chi connectivity index (χ1n) is 4.59. The lowest BCUT2D eigenvalue weighted by Gasteiger charge is -2.04. The first kappa shape index (κ1) is 10.6. The second-order valence-electron chi connectivity index (χ2n) is 3.24. The van der Waals surface area contributed by atoms with Gasteiger partial charge in [-0.3, -0.25) is 14.9 Å². The van der Waals surface area contributed by atoms with Crippen molar-refractivity contribution < 1.29 is 4.79 Å². The quantitative estimate of drug-likeness (QED) is 0.838. The monoisotopic (exact) mass is 236 g/mol. The first-order chi connectivity index (χ1) is 7.68. The van der Waals surface area contributed by atoms with Crippen LogP contribution >= 0.6 is 11.6 Å². The van der Waals surface area contributed by atoms with Gasteiger partial charge in [-0.2, -0.15) is 5.10 Å². The van der Waals surface area contributed by atoms with E-state index in [2.05, 4.69) is 20.5 Å². The topological polar surface area (TPSA) is 70.7 Å². The molecule has 0 aromatic carbocycles. The van der Waals surface area contributed by atoms with E-state index in [4.69, 9.17) is 11.6 Å². The zero-order chi connectivity index (χ0) is 11.5. The number of aromatic nitrogens is 3. The molecule has 0 saturated heterocycles. The van der Waals surface area contributed by atoms with Crippen molar-refractivity contribution in [2.75, 3.05) is 5.32 Å². The fourth-order valence-electron chi connectivity index (χ4n) is 1.20. The summed E-state index contributed by atoms with van der Waals surface area (Å²) >= 11 is 5.87. The number of nitrogens with one attached hydrogen (secondary N) is 2. The van der Waals surface area contributed by atoms with Gasteiger partial charge in [0.1, 0.15) is 5.82 Å². The molecule has 0 radical (unpaired) electrons. The third-order valence-corrected chi connectivity index (χ3v) is 2.41. The lowest BCUT2D eigenvalue weighted by molar-refractivity contribution is 0.102. The molecule has 2 aromatic rings. The highest BCUT2D eigenvalue weighted by atomic mass is 35.5. The van der Waals surface area contributed by atoms with Crippen LogP contribution < -0.4 is 5.32 Å². The van der Waals surface area contributed by atoms with Crippen LogP contribution in [0.25, 0.3) is 0 Å². The van der Waals surface area contributed by atoms with Gasteiger partial charge in [-0.1, -0.05) is 11.6 Å². The second-order valence-corrected chi connectivity index (χ2v) is 3.64. The average molecular weight is 237 g/mol. The number of H-pyrrole nitrogens is 1. The number of aryl methyl sites for hydroxylation is 1. The van der Waals surface area contributed by atoms with E-state index >= 15 is 0 Å². The minimum absolute atomic E-state index is 0.314. The third-order valence-electron chi connectivity index (χ3n) is 2.08. The van der Waals surface area contributed by atoms with Crippen molar-refractivity contribution in [2.45, 2.75) is 6.92 Å². The Morgan fingerprint density at radius 3 is 2.94 bits per heavy atom. The number of anilines is 1. The van der Waals surface area contributed by atoms with Crippen LogP contribution in [0.2, 0.25) is 5.02 Å². The van der Waals surface area contributed by atoms with E-state index in [-0.39, 0.29) is 5.91 Å². The number of halogens is 1. The molecular formula is C10H9ClN4O. The highest BCUT2D eigenvalue weighted by molar-refractivity contribution is 6.34. The van der Waals surface area contributed by atoms with Crippen molar-refractivity contribution in [3.63, 3.8) is 0 Å². The Bertz CT molecular complexity index is 523. The van der Waals surface area contributed by atoms with Crippen LogP contribution in [0.1, 0.15) is 15.9 Å². The standard InChI is InChI=1S/C10H9ClN4O/c1-6-4-13-15-9(6)14-10(16)7-5-12-3-2-8(7)11/h2-5H,1H3,(H2,13,14,15,16). The number of pyridine rings is 1. The van der Waals surface area contributed by atoms with E-state index in [1.54, 1.807) is 12.3 Å². The molecule has 2 heterocycles. The Morgan fingerprint density at radius 2 is 2.31 bits per heavy atom. The summed E-state index contributed by atoms with van der Waals surface area (Å²) in [7, 11) is 0. The molecule has 0 aliphatic carbocycles. The molecule has 0 unspecified atom stereocenters. The minimum Gasteiger partial charge on any atom is -0.307 e. The molecule has 16 heavy (non-hydrogen) atoms. The summed E-state index contributed by atoms with van der Waals surface area (Å²) in [5.74, 6) is 0.246. The number of amides is 1. The zero-order valence-electron chi connectivity index (χ0n) is 8.49. The fraction of sp³-hybridized carbons (Fsp3) is 0.100. The molecule has 0 aliphatic heterocycles. The Morgan fingerprint density at radius 1 is 1.50 bits per heavy atom. The maximum absolute atomic E-state index is 11.8. The smallest absolute Gasteiger partial charge is 0.259 e. The highest BCUT2D eigenvalue weighted by Gasteiger charge is 2.12. The highest BCUT2D eigenvalue weighted by Crippen LogP contribution is 2.16. The normalized spacial score (nSPS) is 10.1. The van der Waals surface area contributed by atoms with Gasteiger partial charge in [0, 0.05) is 18.0 Å². The first-order valence-corrected chi connectivity index (χ1v) is 4.97. The van der Waals surface area contributed by atoms with Gasteiger partial charge in [0.15, 0.2) is 0 Å². The average Bonchev–Trinajstić information content (AvgIpc) is 2.65. The van der Waals surface area contributed by atoms with Crippen molar-refractivity contribution in [1.82, 2.24) is 15.2 Å². The SMILES string of the molecule is Cc1cn[nH]c1NC(=O)c1cnccc1Cl. The van der Waals surface area contributed by atoms with E-state index in [0.717, 1.165) is 5.56 Å². The lowest BCUT2D eigenvalue weighted by atomic mass is 10.2. The third kappa shape index (κ3) is 2.04. The van der Waals surface area contributed by atoms with Crippen molar-refractivity contribution in [1.29, 1.82) is 0 Å². The van der Waals surface area contributed by atoms with Gasteiger partial charge < -0.3 is 5.32 Å². The predicted molar refractivity (Wildman–Crippen MR) is 60.5 cm³/mol. The number of rotatable bonds is 2. The molecule has 1 amide bonds. The molecule has 2 aromatic heterocycles. The number of hydrogen-bond donors (Lipinski definition) is 2. The van der Waals surface area contributed by atoms with Crippen molar-refractivity contribution >= 4 is 23.3 Å².